The van der Waals surface area contributed by atoms with E-state index in [1.165, 1.54) is 5.57 Å². The van der Waals surface area contributed by atoms with Gasteiger partial charge >= 0.3 is 0 Å². The molecule has 1 heterocycles. The highest BCUT2D eigenvalue weighted by Gasteiger charge is 2.13. The van der Waals surface area contributed by atoms with Crippen molar-refractivity contribution >= 4 is 46.0 Å². The fourth-order valence-electron chi connectivity index (χ4n) is 4.42. The van der Waals surface area contributed by atoms with Crippen LogP contribution in [0.2, 0.25) is 0 Å². The summed E-state index contributed by atoms with van der Waals surface area (Å²) in [4.78, 5) is 3.40. The Morgan fingerprint density at radius 2 is 1.17 bits per heavy atom. The fraction of sp³-hybridized carbons (Fsp3) is 0.333. The number of nitrogens with zero attached hydrogens (tertiary/aromatic N) is 1. The van der Waals surface area contributed by atoms with Gasteiger partial charge in [-0.05, 0) is 52.9 Å². The lowest BCUT2D eigenvalue weighted by Gasteiger charge is -2.12. The van der Waals surface area contributed by atoms with Gasteiger partial charge in [0.1, 0.15) is 0 Å². The van der Waals surface area contributed by atoms with Gasteiger partial charge in [0, 0.05) is 18.2 Å². The first-order valence-electron chi connectivity index (χ1n) is 15.0. The first-order chi connectivity index (χ1) is 22.5. The zero-order chi connectivity index (χ0) is 33.1. The number of hydrogen-bond acceptors (Lipinski definition) is 8. The summed E-state index contributed by atoms with van der Waals surface area (Å²) >= 11 is 0. The number of methoxy groups -OCH3 is 6. The smallest absolute Gasteiger partial charge is 0.203 e. The van der Waals surface area contributed by atoms with Gasteiger partial charge in [-0.3, -0.25) is 0 Å². The number of ether oxygens (including phenoxy) is 6. The molecule has 0 aliphatic heterocycles. The Morgan fingerprint density at radius 1 is 0.674 bits per heavy atom. The monoisotopic (exact) mass is 666 g/mol. The molecule has 10 heteroatoms. The van der Waals surface area contributed by atoms with E-state index in [0.29, 0.717) is 34.5 Å². The Bertz CT molecular complexity index is 1450. The third-order valence-corrected chi connectivity index (χ3v) is 9.31. The second-order valence-electron chi connectivity index (χ2n) is 9.81. The number of pyridine rings is 1. The molecule has 0 atom stereocenters. The molecule has 0 aliphatic rings. The Morgan fingerprint density at radius 3 is 1.67 bits per heavy atom. The molecule has 1 N–H and O–H groups in total. The molecular formula is C36H46N2O6S2+2. The van der Waals surface area contributed by atoms with E-state index >= 15 is 0 Å². The standard InChI is InChI=1S/C36H45N2O6S2/c1-8-27(9-11-29-23-31(39-2)35(43-6)32(24-29)40-3)13-16-37-17-21-45-46-22-20-38-18-14-28(15-19-38)10-12-30-25-33(41-4)36(44-7)34(26-30)42-5/h9-16,18-19,23-26H,8,17,20-22H2,1-7H3/q+1/p+1/b11-9+,12-10+,27-13+,37-16?. The Hall–Kier alpha value is -4.02. The van der Waals surface area contributed by atoms with Gasteiger partial charge in [0.15, 0.2) is 54.7 Å². The van der Waals surface area contributed by atoms with Gasteiger partial charge in [-0.15, -0.1) is 0 Å². The molecule has 0 unspecified atom stereocenters. The number of nitrogens with one attached hydrogen (secondary N) is 1. The molecule has 0 saturated heterocycles. The van der Waals surface area contributed by atoms with Crippen molar-refractivity contribution < 1.29 is 38.0 Å². The van der Waals surface area contributed by atoms with Crippen molar-refractivity contribution in [3.8, 4) is 34.5 Å². The highest BCUT2D eigenvalue weighted by molar-refractivity contribution is 8.76. The molecule has 0 bridgehead atoms. The first-order valence-corrected chi connectivity index (χ1v) is 17.4. The van der Waals surface area contributed by atoms with Crippen LogP contribution < -0.4 is 38.0 Å². The van der Waals surface area contributed by atoms with E-state index in [0.717, 1.165) is 47.7 Å². The van der Waals surface area contributed by atoms with E-state index in [2.05, 4.69) is 65.3 Å². The maximum Gasteiger partial charge on any atom is 0.203 e. The van der Waals surface area contributed by atoms with Crippen LogP contribution in [0.3, 0.4) is 0 Å². The lowest BCUT2D eigenvalue weighted by Crippen LogP contribution is -2.69. The fourth-order valence-corrected chi connectivity index (χ4v) is 6.32. The van der Waals surface area contributed by atoms with Crippen LogP contribution in [0.1, 0.15) is 30.0 Å². The summed E-state index contributed by atoms with van der Waals surface area (Å²) in [5.74, 6) is 5.79. The molecule has 1 aromatic heterocycles. The van der Waals surface area contributed by atoms with Gasteiger partial charge in [0.05, 0.1) is 54.2 Å². The molecule has 0 spiro atoms. The van der Waals surface area contributed by atoms with Crippen LogP contribution in [0.15, 0.2) is 66.5 Å². The molecular weight excluding hydrogens is 621 g/mol. The molecule has 0 radical (unpaired) electrons. The summed E-state index contributed by atoms with van der Waals surface area (Å²) in [7, 11) is 13.5. The van der Waals surface area contributed by atoms with Gasteiger partial charge in [0.25, 0.3) is 0 Å². The first kappa shape index (κ1) is 36.4. The minimum Gasteiger partial charge on any atom is -0.493 e. The molecule has 3 aromatic rings. The molecule has 0 aliphatic carbocycles. The number of aryl methyl sites for hydroxylation is 1. The zero-order valence-electron chi connectivity index (χ0n) is 27.8. The van der Waals surface area contributed by atoms with Crippen LogP contribution in [0.5, 0.6) is 34.5 Å². The van der Waals surface area contributed by atoms with E-state index in [1.807, 2.05) is 58.1 Å². The quantitative estimate of drug-likeness (QED) is 0.0568. The topological polar surface area (TPSA) is 73.2 Å². The second kappa shape index (κ2) is 20.2. The van der Waals surface area contributed by atoms with Gasteiger partial charge in [-0.2, -0.15) is 0 Å². The van der Waals surface area contributed by atoms with Crippen molar-refractivity contribution in [2.45, 2.75) is 19.9 Å². The normalized spacial score (nSPS) is 11.8. The Kier molecular flexibility index (Phi) is 16.0. The number of hydrogen-bond donors (Lipinski definition) is 1. The summed E-state index contributed by atoms with van der Waals surface area (Å²) < 4.78 is 34.8. The number of allylic oxidation sites excluding steroid dienone is 3. The van der Waals surface area contributed by atoms with Crippen molar-refractivity contribution in [2.24, 2.45) is 0 Å². The van der Waals surface area contributed by atoms with E-state index in [9.17, 15) is 0 Å². The highest BCUT2D eigenvalue weighted by Crippen LogP contribution is 2.39. The molecule has 0 fully saturated rings. The average molecular weight is 667 g/mol. The third-order valence-electron chi connectivity index (χ3n) is 6.92. The zero-order valence-corrected chi connectivity index (χ0v) is 29.5. The van der Waals surface area contributed by atoms with Crippen LogP contribution in [-0.4, -0.2) is 66.9 Å². The van der Waals surface area contributed by atoms with Crippen molar-refractivity contribution in [3.05, 3.63) is 83.2 Å². The largest absolute Gasteiger partial charge is 0.493 e. The van der Waals surface area contributed by atoms with Gasteiger partial charge in [-0.25, -0.2) is 9.56 Å². The van der Waals surface area contributed by atoms with E-state index in [4.69, 9.17) is 28.4 Å². The van der Waals surface area contributed by atoms with E-state index in [1.54, 1.807) is 42.7 Å². The summed E-state index contributed by atoms with van der Waals surface area (Å²) in [6, 6.07) is 12.0. The summed E-state index contributed by atoms with van der Waals surface area (Å²) in [6.07, 6.45) is 17.6. The number of aromatic nitrogens is 1. The maximum absolute atomic E-state index is 5.46. The second-order valence-corrected chi connectivity index (χ2v) is 12.5. The lowest BCUT2D eigenvalue weighted by molar-refractivity contribution is -0.692. The summed E-state index contributed by atoms with van der Waals surface area (Å²) in [6.45, 7) is 4.00. The molecule has 46 heavy (non-hydrogen) atoms. The van der Waals surface area contributed by atoms with Gasteiger partial charge in [0.2, 0.25) is 11.5 Å². The molecule has 2 aromatic carbocycles. The molecule has 0 amide bonds. The predicted octanol–water partition coefficient (Wildman–Crippen LogP) is 5.78. The van der Waals surface area contributed by atoms with Crippen LogP contribution in [-0.2, 0) is 6.54 Å². The maximum atomic E-state index is 5.46. The third kappa shape index (κ3) is 11.1. The lowest BCUT2D eigenvalue weighted by atomic mass is 10.1. The van der Waals surface area contributed by atoms with E-state index < -0.39 is 0 Å². The minimum absolute atomic E-state index is 0.589. The highest BCUT2D eigenvalue weighted by atomic mass is 33.1. The van der Waals surface area contributed by atoms with E-state index in [-0.39, 0.29) is 0 Å². The van der Waals surface area contributed by atoms with Crippen molar-refractivity contribution in [1.82, 2.24) is 0 Å². The number of benzene rings is 2. The SMILES string of the molecule is CCC(/C=C/c1cc(OC)c(OC)c(OC)c1)=C\C=[NH+]CCSSCC[n+]1ccc(/C=C/c2cc(OC)c(OC)c(OC)c2)cc1. The van der Waals surface area contributed by atoms with Crippen LogP contribution in [0.25, 0.3) is 18.2 Å². The average Bonchev–Trinajstić information content (AvgIpc) is 3.10. The van der Waals surface area contributed by atoms with Crippen molar-refractivity contribution in [2.75, 3.05) is 60.7 Å². The Balaban J connectivity index is 1.39. The molecule has 0 saturated carbocycles. The van der Waals surface area contributed by atoms with Crippen molar-refractivity contribution in [1.29, 1.82) is 0 Å². The predicted molar refractivity (Wildman–Crippen MR) is 192 cm³/mol. The van der Waals surface area contributed by atoms with Crippen LogP contribution in [0.4, 0.5) is 0 Å². The Labute approximate surface area is 281 Å². The van der Waals surface area contributed by atoms with Crippen LogP contribution >= 0.6 is 21.6 Å². The van der Waals surface area contributed by atoms with Gasteiger partial charge in [-0.1, -0.05) is 52.8 Å². The minimum atomic E-state index is 0.589. The van der Waals surface area contributed by atoms with Gasteiger partial charge < -0.3 is 28.4 Å². The molecule has 3 rings (SSSR count). The van der Waals surface area contributed by atoms with Crippen molar-refractivity contribution in [3.63, 3.8) is 0 Å². The summed E-state index contributed by atoms with van der Waals surface area (Å²) in [5, 5.41) is 0. The number of rotatable bonds is 19. The molecule has 8 nitrogen and oxygen atoms in total. The molecule has 246 valence electrons. The summed E-state index contributed by atoms with van der Waals surface area (Å²) in [5.41, 5.74) is 4.28. The van der Waals surface area contributed by atoms with Crippen LogP contribution in [0, 0.1) is 0 Å².